The largest absolute Gasteiger partial charge is 0.378 e. The predicted octanol–water partition coefficient (Wildman–Crippen LogP) is 1.13. The summed E-state index contributed by atoms with van der Waals surface area (Å²) in [7, 11) is 0. The Balaban J connectivity index is 3.55. The fourth-order valence-electron chi connectivity index (χ4n) is 1.39. The number of ether oxygens (including phenoxy) is 2. The van der Waals surface area contributed by atoms with E-state index in [1.54, 1.807) is 20.8 Å². The first-order valence-corrected chi connectivity index (χ1v) is 7.30. The third kappa shape index (κ3) is 10.1. The zero-order chi connectivity index (χ0) is 15.4. The van der Waals surface area contributed by atoms with E-state index < -0.39 is 12.3 Å². The second-order valence-corrected chi connectivity index (χ2v) is 4.96. The van der Waals surface area contributed by atoms with Gasteiger partial charge in [-0.2, -0.15) is 0 Å². The number of halogens is 1. The molecule has 20 heavy (non-hydrogen) atoms. The summed E-state index contributed by atoms with van der Waals surface area (Å²) >= 11 is 0. The van der Waals surface area contributed by atoms with Crippen molar-refractivity contribution in [3.63, 3.8) is 0 Å². The van der Waals surface area contributed by atoms with Crippen LogP contribution in [0.25, 0.3) is 0 Å². The second kappa shape index (κ2) is 12.1. The summed E-state index contributed by atoms with van der Waals surface area (Å²) in [5, 5.41) is 5.69. The van der Waals surface area contributed by atoms with Gasteiger partial charge in [0.05, 0.1) is 32.5 Å². The van der Waals surface area contributed by atoms with Gasteiger partial charge in [-0.25, -0.2) is 4.39 Å². The Kier molecular flexibility index (Phi) is 11.6. The SMILES string of the molecule is CCNCCOCCOC(C)C(F)CNC(=O)C(C)C. The highest BCUT2D eigenvalue weighted by Crippen LogP contribution is 2.03. The first kappa shape index (κ1) is 19.3. The maximum atomic E-state index is 13.7. The average Bonchev–Trinajstić information content (AvgIpc) is 2.42. The lowest BCUT2D eigenvalue weighted by atomic mass is 10.2. The predicted molar refractivity (Wildman–Crippen MR) is 77.5 cm³/mol. The summed E-state index contributed by atoms with van der Waals surface area (Å²) in [4.78, 5) is 11.3. The number of carbonyl (C=O) groups is 1. The van der Waals surface area contributed by atoms with Gasteiger partial charge in [-0.3, -0.25) is 4.79 Å². The summed E-state index contributed by atoms with van der Waals surface area (Å²) in [6, 6.07) is 0. The molecule has 0 saturated carbocycles. The van der Waals surface area contributed by atoms with Gasteiger partial charge in [0.15, 0.2) is 0 Å². The van der Waals surface area contributed by atoms with E-state index in [2.05, 4.69) is 10.6 Å². The van der Waals surface area contributed by atoms with E-state index in [4.69, 9.17) is 9.47 Å². The lowest BCUT2D eigenvalue weighted by Gasteiger charge is -2.18. The van der Waals surface area contributed by atoms with E-state index >= 15 is 0 Å². The first-order chi connectivity index (χ1) is 9.49. The molecule has 5 nitrogen and oxygen atoms in total. The van der Waals surface area contributed by atoms with Crippen LogP contribution in [0.15, 0.2) is 0 Å². The maximum absolute atomic E-state index is 13.7. The van der Waals surface area contributed by atoms with Crippen LogP contribution in [0.5, 0.6) is 0 Å². The van der Waals surface area contributed by atoms with Crippen molar-refractivity contribution in [2.75, 3.05) is 39.5 Å². The number of carbonyl (C=O) groups excluding carboxylic acids is 1. The minimum atomic E-state index is -1.21. The molecule has 0 bridgehead atoms. The van der Waals surface area contributed by atoms with Gasteiger partial charge in [0, 0.05) is 12.5 Å². The van der Waals surface area contributed by atoms with Gasteiger partial charge in [0.2, 0.25) is 5.91 Å². The third-order valence-corrected chi connectivity index (χ3v) is 2.79. The molecule has 0 aliphatic rings. The lowest BCUT2D eigenvalue weighted by molar-refractivity contribution is -0.124. The van der Waals surface area contributed by atoms with Crippen molar-refractivity contribution in [2.45, 2.75) is 40.0 Å². The van der Waals surface area contributed by atoms with Crippen LogP contribution in [0.4, 0.5) is 4.39 Å². The molecule has 0 spiro atoms. The average molecular weight is 292 g/mol. The second-order valence-electron chi connectivity index (χ2n) is 4.96. The van der Waals surface area contributed by atoms with E-state index in [0.717, 1.165) is 13.1 Å². The summed E-state index contributed by atoms with van der Waals surface area (Å²) in [5.41, 5.74) is 0. The molecule has 0 rings (SSSR count). The van der Waals surface area contributed by atoms with E-state index in [0.29, 0.717) is 19.8 Å². The highest BCUT2D eigenvalue weighted by Gasteiger charge is 2.18. The van der Waals surface area contributed by atoms with Gasteiger partial charge in [-0.15, -0.1) is 0 Å². The number of hydrogen-bond donors (Lipinski definition) is 2. The summed E-state index contributed by atoms with van der Waals surface area (Å²) in [6.45, 7) is 10.4. The van der Waals surface area contributed by atoms with Crippen LogP contribution in [0.1, 0.15) is 27.7 Å². The van der Waals surface area contributed by atoms with Gasteiger partial charge < -0.3 is 20.1 Å². The van der Waals surface area contributed by atoms with Gasteiger partial charge >= 0.3 is 0 Å². The molecule has 2 N–H and O–H groups in total. The molecule has 0 aromatic rings. The molecule has 0 fully saturated rings. The third-order valence-electron chi connectivity index (χ3n) is 2.79. The van der Waals surface area contributed by atoms with Crippen LogP contribution < -0.4 is 10.6 Å². The summed E-state index contributed by atoms with van der Waals surface area (Å²) in [6.07, 6.45) is -1.76. The molecule has 6 heteroatoms. The fraction of sp³-hybridized carbons (Fsp3) is 0.929. The van der Waals surface area contributed by atoms with Crippen molar-refractivity contribution >= 4 is 5.91 Å². The number of hydrogen-bond acceptors (Lipinski definition) is 4. The van der Waals surface area contributed by atoms with E-state index in [1.807, 2.05) is 6.92 Å². The Labute approximate surface area is 121 Å². The Bertz CT molecular complexity index is 253. The summed E-state index contributed by atoms with van der Waals surface area (Å²) < 4.78 is 24.4. The molecule has 2 atom stereocenters. The van der Waals surface area contributed by atoms with Crippen LogP contribution in [-0.2, 0) is 14.3 Å². The number of amides is 1. The normalized spacial score (nSPS) is 14.3. The number of nitrogens with one attached hydrogen (secondary N) is 2. The minimum Gasteiger partial charge on any atom is -0.378 e. The first-order valence-electron chi connectivity index (χ1n) is 7.30. The van der Waals surface area contributed by atoms with Crippen molar-refractivity contribution < 1.29 is 18.7 Å². The van der Waals surface area contributed by atoms with Crippen molar-refractivity contribution in [1.82, 2.24) is 10.6 Å². The van der Waals surface area contributed by atoms with Crippen LogP contribution in [0, 0.1) is 5.92 Å². The number of alkyl halides is 1. The smallest absolute Gasteiger partial charge is 0.222 e. The summed E-state index contributed by atoms with van der Waals surface area (Å²) in [5.74, 6) is -0.282. The molecule has 0 aromatic heterocycles. The standard InChI is InChI=1S/C14H29FN2O3/c1-5-16-6-7-19-8-9-20-12(4)13(15)10-17-14(18)11(2)3/h11-13,16H,5-10H2,1-4H3,(H,17,18). The maximum Gasteiger partial charge on any atom is 0.222 e. The Hall–Kier alpha value is -0.720. The zero-order valence-corrected chi connectivity index (χ0v) is 13.1. The van der Waals surface area contributed by atoms with Crippen molar-refractivity contribution in [3.8, 4) is 0 Å². The molecule has 0 heterocycles. The van der Waals surface area contributed by atoms with Gasteiger partial charge in [-0.1, -0.05) is 20.8 Å². The molecule has 0 aromatic carbocycles. The molecule has 0 radical (unpaired) electrons. The van der Waals surface area contributed by atoms with Crippen molar-refractivity contribution in [2.24, 2.45) is 5.92 Å². The highest BCUT2D eigenvalue weighted by molar-refractivity contribution is 5.77. The molecule has 1 amide bonds. The van der Waals surface area contributed by atoms with E-state index in [9.17, 15) is 9.18 Å². The van der Waals surface area contributed by atoms with Crippen molar-refractivity contribution in [3.05, 3.63) is 0 Å². The number of likely N-dealkylation sites (N-methyl/N-ethyl adjacent to an activating group) is 1. The molecule has 0 aliphatic carbocycles. The Morgan fingerprint density at radius 3 is 2.50 bits per heavy atom. The van der Waals surface area contributed by atoms with E-state index in [1.165, 1.54) is 0 Å². The van der Waals surface area contributed by atoms with Gasteiger partial charge in [0.1, 0.15) is 6.17 Å². The zero-order valence-electron chi connectivity index (χ0n) is 13.1. The van der Waals surface area contributed by atoms with Crippen LogP contribution in [-0.4, -0.2) is 57.6 Å². The van der Waals surface area contributed by atoms with E-state index in [-0.39, 0.29) is 18.4 Å². The lowest BCUT2D eigenvalue weighted by Crippen LogP contribution is -2.38. The van der Waals surface area contributed by atoms with Crippen LogP contribution >= 0.6 is 0 Å². The molecular formula is C14H29FN2O3. The van der Waals surface area contributed by atoms with Gasteiger partial charge in [-0.05, 0) is 13.5 Å². The van der Waals surface area contributed by atoms with Crippen LogP contribution in [0.3, 0.4) is 0 Å². The quantitative estimate of drug-likeness (QED) is 0.529. The topological polar surface area (TPSA) is 59.6 Å². The molecule has 120 valence electrons. The van der Waals surface area contributed by atoms with Gasteiger partial charge in [0.25, 0.3) is 0 Å². The Morgan fingerprint density at radius 1 is 1.20 bits per heavy atom. The fourth-order valence-corrected chi connectivity index (χ4v) is 1.39. The van der Waals surface area contributed by atoms with Crippen LogP contribution in [0.2, 0.25) is 0 Å². The highest BCUT2D eigenvalue weighted by atomic mass is 19.1. The minimum absolute atomic E-state index is 0.0144. The molecular weight excluding hydrogens is 263 g/mol. The van der Waals surface area contributed by atoms with Crippen molar-refractivity contribution in [1.29, 1.82) is 0 Å². The monoisotopic (exact) mass is 292 g/mol. The Morgan fingerprint density at radius 2 is 1.90 bits per heavy atom. The molecule has 2 unspecified atom stereocenters. The molecule has 0 aliphatic heterocycles. The number of rotatable bonds is 12. The molecule has 0 saturated heterocycles.